The van der Waals surface area contributed by atoms with E-state index in [1.807, 2.05) is 59.3 Å². The average molecular weight is 541 g/mol. The number of hydrogen-bond donors (Lipinski definition) is 1. The molecule has 5 rings (SSSR count). The number of urea groups is 1. The van der Waals surface area contributed by atoms with Gasteiger partial charge < -0.3 is 24.8 Å². The number of ether oxygens (including phenoxy) is 1. The van der Waals surface area contributed by atoms with Crippen LogP contribution in [0.1, 0.15) is 69.5 Å². The number of likely N-dealkylation sites (N-methyl/N-ethyl adjacent to an activating group) is 1. The van der Waals surface area contributed by atoms with Crippen molar-refractivity contribution in [1.29, 1.82) is 0 Å². The summed E-state index contributed by atoms with van der Waals surface area (Å²) in [7, 11) is 3.27. The van der Waals surface area contributed by atoms with Gasteiger partial charge in [0.25, 0.3) is 5.91 Å². The molecule has 0 aromatic heterocycles. The summed E-state index contributed by atoms with van der Waals surface area (Å²) in [6.07, 6.45) is 3.85. The fraction of sp³-hybridized carbons (Fsp3) is 0.483. The first-order chi connectivity index (χ1) is 18.0. The first-order valence-corrected chi connectivity index (χ1v) is 13.3. The molecule has 3 heterocycles. The second kappa shape index (κ2) is 12.2. The molecule has 0 spiro atoms. The maximum absolute atomic E-state index is 13.1. The second-order valence-corrected chi connectivity index (χ2v) is 10.3. The van der Waals surface area contributed by atoms with E-state index in [-0.39, 0.29) is 42.3 Å². The zero-order valence-corrected chi connectivity index (χ0v) is 22.9. The zero-order chi connectivity index (χ0) is 25.9. The van der Waals surface area contributed by atoms with Gasteiger partial charge in [-0.05, 0) is 61.6 Å². The lowest BCUT2D eigenvalue weighted by Crippen LogP contribution is -2.54. The highest BCUT2D eigenvalue weighted by Gasteiger charge is 2.40. The van der Waals surface area contributed by atoms with Crippen LogP contribution in [0.25, 0.3) is 0 Å². The van der Waals surface area contributed by atoms with Crippen LogP contribution in [-0.4, -0.2) is 85.5 Å². The molecule has 0 bridgehead atoms. The van der Waals surface area contributed by atoms with Crippen molar-refractivity contribution in [3.05, 3.63) is 70.8 Å². The van der Waals surface area contributed by atoms with Gasteiger partial charge >= 0.3 is 12.0 Å². The minimum absolute atomic E-state index is 0. The number of nitrogens with zero attached hydrogens (tertiary/aromatic N) is 3. The zero-order valence-electron chi connectivity index (χ0n) is 22.1. The highest BCUT2D eigenvalue weighted by atomic mass is 35.5. The molecule has 0 aliphatic carbocycles. The van der Waals surface area contributed by atoms with Crippen LogP contribution in [-0.2, 0) is 4.74 Å². The van der Waals surface area contributed by atoms with Gasteiger partial charge in [-0.1, -0.05) is 30.3 Å². The van der Waals surface area contributed by atoms with Crippen LogP contribution in [0, 0.1) is 0 Å². The molecule has 0 saturated carbocycles. The summed E-state index contributed by atoms with van der Waals surface area (Å²) in [6, 6.07) is 15.8. The number of hydrogen-bond acceptors (Lipinski definition) is 5. The predicted molar refractivity (Wildman–Crippen MR) is 148 cm³/mol. The number of nitrogens with one attached hydrogen (secondary N) is 1. The number of halogens is 1. The van der Waals surface area contributed by atoms with Gasteiger partial charge in [0.1, 0.15) is 0 Å². The highest BCUT2D eigenvalue weighted by Crippen LogP contribution is 2.44. The third-order valence-corrected chi connectivity index (χ3v) is 8.26. The van der Waals surface area contributed by atoms with E-state index in [1.54, 1.807) is 0 Å². The largest absolute Gasteiger partial charge is 0.465 e. The van der Waals surface area contributed by atoms with Crippen LogP contribution in [0.3, 0.4) is 0 Å². The molecule has 2 aromatic rings. The van der Waals surface area contributed by atoms with E-state index in [4.69, 9.17) is 4.74 Å². The van der Waals surface area contributed by atoms with Crippen molar-refractivity contribution < 1.29 is 19.1 Å². The van der Waals surface area contributed by atoms with Crippen molar-refractivity contribution in [2.75, 3.05) is 46.9 Å². The molecule has 2 unspecified atom stereocenters. The number of likely N-dealkylation sites (tertiary alicyclic amines) is 1. The molecule has 9 heteroatoms. The number of methoxy groups -OCH3 is 1. The van der Waals surface area contributed by atoms with E-state index in [1.165, 1.54) is 7.11 Å². The Morgan fingerprint density at radius 2 is 1.76 bits per heavy atom. The van der Waals surface area contributed by atoms with Gasteiger partial charge in [0.15, 0.2) is 0 Å². The van der Waals surface area contributed by atoms with Crippen molar-refractivity contribution in [2.24, 2.45) is 0 Å². The third kappa shape index (κ3) is 5.52. The lowest BCUT2D eigenvalue weighted by atomic mass is 9.84. The van der Waals surface area contributed by atoms with E-state index < -0.39 is 0 Å². The maximum atomic E-state index is 13.1. The number of amides is 3. The third-order valence-electron chi connectivity index (χ3n) is 8.26. The summed E-state index contributed by atoms with van der Waals surface area (Å²) in [6.45, 7) is 4.44. The smallest absolute Gasteiger partial charge is 0.337 e. The summed E-state index contributed by atoms with van der Waals surface area (Å²) in [5.74, 6) is -0.223. The highest BCUT2D eigenvalue weighted by molar-refractivity contribution is 5.99. The molecule has 0 radical (unpaired) electrons. The fourth-order valence-corrected chi connectivity index (χ4v) is 6.22. The maximum Gasteiger partial charge on any atom is 0.337 e. The Bertz CT molecular complexity index is 1150. The monoisotopic (exact) mass is 540 g/mol. The number of carbonyl (C=O) groups excluding carboxylic acids is 3. The minimum atomic E-state index is -0.355. The number of carbonyl (C=O) groups is 3. The Morgan fingerprint density at radius 3 is 2.45 bits per heavy atom. The Morgan fingerprint density at radius 1 is 1.05 bits per heavy atom. The van der Waals surface area contributed by atoms with E-state index in [9.17, 15) is 14.4 Å². The van der Waals surface area contributed by atoms with Crippen LogP contribution in [0.2, 0.25) is 0 Å². The van der Waals surface area contributed by atoms with Gasteiger partial charge in [-0.2, -0.15) is 0 Å². The minimum Gasteiger partial charge on any atom is -0.465 e. The van der Waals surface area contributed by atoms with E-state index in [2.05, 4.69) is 16.3 Å². The van der Waals surface area contributed by atoms with Crippen molar-refractivity contribution >= 4 is 30.3 Å². The van der Waals surface area contributed by atoms with Crippen molar-refractivity contribution in [1.82, 2.24) is 20.0 Å². The van der Waals surface area contributed by atoms with Gasteiger partial charge in [-0.3, -0.25) is 4.79 Å². The summed E-state index contributed by atoms with van der Waals surface area (Å²) in [5, 5.41) is 2.97. The molecule has 2 fully saturated rings. The van der Waals surface area contributed by atoms with E-state index in [0.29, 0.717) is 11.6 Å². The molecular formula is C29H37ClN4O4. The van der Waals surface area contributed by atoms with Crippen molar-refractivity contribution in [3.8, 4) is 0 Å². The molecule has 3 aliphatic rings. The summed E-state index contributed by atoms with van der Waals surface area (Å²) in [4.78, 5) is 43.7. The molecule has 204 valence electrons. The average Bonchev–Trinajstić information content (AvgIpc) is 3.19. The molecule has 8 nitrogen and oxygen atoms in total. The Balaban J connectivity index is 0.00000336. The Labute approximate surface area is 230 Å². The normalized spacial score (nSPS) is 20.9. The lowest BCUT2D eigenvalue weighted by Gasteiger charge is -2.40. The number of rotatable bonds is 7. The van der Waals surface area contributed by atoms with E-state index in [0.717, 1.165) is 75.1 Å². The fourth-order valence-electron chi connectivity index (χ4n) is 6.22. The number of benzene rings is 2. The molecule has 2 aromatic carbocycles. The predicted octanol–water partition coefficient (Wildman–Crippen LogP) is 4.08. The topological polar surface area (TPSA) is 82.2 Å². The Hall–Kier alpha value is -3.10. The van der Waals surface area contributed by atoms with Gasteiger partial charge in [-0.15, -0.1) is 12.4 Å². The van der Waals surface area contributed by atoms with Crippen LogP contribution in [0.15, 0.2) is 48.5 Å². The van der Waals surface area contributed by atoms with Crippen molar-refractivity contribution in [2.45, 2.75) is 43.7 Å². The van der Waals surface area contributed by atoms with Crippen LogP contribution < -0.4 is 5.32 Å². The molecule has 2 atom stereocenters. The van der Waals surface area contributed by atoms with Gasteiger partial charge in [-0.25, -0.2) is 9.59 Å². The number of piperidine rings is 1. The molecule has 38 heavy (non-hydrogen) atoms. The van der Waals surface area contributed by atoms with Gasteiger partial charge in [0.2, 0.25) is 0 Å². The lowest BCUT2D eigenvalue weighted by molar-refractivity contribution is 0.0600. The van der Waals surface area contributed by atoms with Gasteiger partial charge in [0.05, 0.1) is 18.7 Å². The SMILES string of the molecule is COC(=O)c1ccc(C(CCN2CCC(N3CCCNC3=O)CC2)C2c3ccccc3C(=O)N2C)cc1.Cl. The van der Waals surface area contributed by atoms with Gasteiger partial charge in [0, 0.05) is 50.7 Å². The molecule has 3 aliphatic heterocycles. The van der Waals surface area contributed by atoms with Crippen LogP contribution >= 0.6 is 12.4 Å². The second-order valence-electron chi connectivity index (χ2n) is 10.3. The van der Waals surface area contributed by atoms with Crippen LogP contribution in [0.5, 0.6) is 0 Å². The van der Waals surface area contributed by atoms with E-state index >= 15 is 0 Å². The quantitative estimate of drug-likeness (QED) is 0.535. The number of fused-ring (bicyclic) bond motifs is 1. The summed E-state index contributed by atoms with van der Waals surface area (Å²) < 4.78 is 4.87. The summed E-state index contributed by atoms with van der Waals surface area (Å²) >= 11 is 0. The van der Waals surface area contributed by atoms with Crippen LogP contribution in [0.4, 0.5) is 4.79 Å². The molecule has 3 amide bonds. The molecule has 1 N–H and O–H groups in total. The first-order valence-electron chi connectivity index (χ1n) is 13.3. The number of esters is 1. The standard InChI is InChI=1S/C29H36N4O4.ClH/c1-31-26(24-6-3-4-7-25(24)27(31)34)23(20-8-10-21(11-9-20)28(35)37-2)14-19-32-17-12-22(13-18-32)33-16-5-15-30-29(33)36;/h3-4,6-11,22-23,26H,5,12-19H2,1-2H3,(H,30,36);1H. The summed E-state index contributed by atoms with van der Waals surface area (Å²) in [5.41, 5.74) is 3.46. The van der Waals surface area contributed by atoms with Crippen molar-refractivity contribution in [3.63, 3.8) is 0 Å². The Kier molecular flexibility index (Phi) is 8.95. The molecular weight excluding hydrogens is 504 g/mol. The first kappa shape index (κ1) is 27.9. The molecule has 2 saturated heterocycles.